The largest absolute Gasteiger partial charge is 0.396 e. The van der Waals surface area contributed by atoms with Crippen molar-refractivity contribution < 1.29 is 22.9 Å². The molecule has 0 aromatic rings. The van der Waals surface area contributed by atoms with Crippen LogP contribution in [-0.4, -0.2) is 54.2 Å². The zero-order valence-electron chi connectivity index (χ0n) is 14.9. The molecule has 2 N–H and O–H groups in total. The summed E-state index contributed by atoms with van der Waals surface area (Å²) >= 11 is 0. The Morgan fingerprint density at radius 2 is 1.68 bits per heavy atom. The van der Waals surface area contributed by atoms with Gasteiger partial charge in [-0.25, -0.2) is 0 Å². The second-order valence-corrected chi connectivity index (χ2v) is 8.86. The Balaban J connectivity index is 0.000000399. The lowest BCUT2D eigenvalue weighted by Gasteiger charge is -2.50. The van der Waals surface area contributed by atoms with Gasteiger partial charge >= 0.3 is 0 Å². The van der Waals surface area contributed by atoms with E-state index >= 15 is 0 Å². The summed E-state index contributed by atoms with van der Waals surface area (Å²) < 4.78 is 25.9. The summed E-state index contributed by atoms with van der Waals surface area (Å²) in [5.41, 5.74) is 0. The molecule has 1 aliphatic heterocycles. The highest BCUT2D eigenvalue weighted by Gasteiger charge is 2.47. The normalized spacial score (nSPS) is 34.3. The lowest BCUT2D eigenvalue weighted by atomic mass is 9.73. The van der Waals surface area contributed by atoms with Crippen LogP contribution in [0.2, 0.25) is 0 Å². The van der Waals surface area contributed by atoms with E-state index < -0.39 is 10.1 Å². The minimum atomic E-state index is -3.67. The van der Waals surface area contributed by atoms with Gasteiger partial charge in [-0.2, -0.15) is 18.7 Å². The molecule has 4 atom stereocenters. The van der Waals surface area contributed by atoms with Crippen LogP contribution < -0.4 is 0 Å². The molecule has 0 bridgehead atoms. The maximum atomic E-state index is 9.81. The fourth-order valence-corrected chi connectivity index (χ4v) is 4.43. The topological polar surface area (TPSA) is 111 Å². The molecular formula is C17H30N2O5S. The van der Waals surface area contributed by atoms with Crippen molar-refractivity contribution in [3.05, 3.63) is 0 Å². The summed E-state index contributed by atoms with van der Waals surface area (Å²) in [5.74, 6) is 0.444. The molecule has 3 aliphatic rings. The average molecular weight is 375 g/mol. The highest BCUT2D eigenvalue weighted by molar-refractivity contribution is 7.85. The summed E-state index contributed by atoms with van der Waals surface area (Å²) in [6, 6.07) is 2.54. The van der Waals surface area contributed by atoms with Crippen LogP contribution in [0.25, 0.3) is 0 Å². The maximum Gasteiger partial charge on any atom is 0.261 e. The Morgan fingerprint density at radius 1 is 1.12 bits per heavy atom. The van der Waals surface area contributed by atoms with Gasteiger partial charge in [0.25, 0.3) is 10.1 Å². The van der Waals surface area contributed by atoms with Crippen LogP contribution in [-0.2, 0) is 15.0 Å². The number of hydrogen-bond donors (Lipinski definition) is 2. The van der Waals surface area contributed by atoms with Crippen LogP contribution in [0.3, 0.4) is 0 Å². The number of aliphatic hydroxyl groups is 1. The molecule has 1 saturated heterocycles. The van der Waals surface area contributed by atoms with Crippen LogP contribution >= 0.6 is 0 Å². The van der Waals surface area contributed by atoms with Crippen LogP contribution in [0.1, 0.15) is 57.8 Å². The molecule has 144 valence electrons. The molecule has 2 aliphatic carbocycles. The van der Waals surface area contributed by atoms with Gasteiger partial charge in [0, 0.05) is 18.6 Å². The van der Waals surface area contributed by atoms with Gasteiger partial charge in [0.15, 0.2) is 0 Å². The van der Waals surface area contributed by atoms with E-state index in [0.717, 1.165) is 25.7 Å². The van der Waals surface area contributed by atoms with Crippen molar-refractivity contribution in [1.29, 1.82) is 5.26 Å². The Morgan fingerprint density at radius 3 is 2.24 bits per heavy atom. The molecule has 3 rings (SSSR count). The summed E-state index contributed by atoms with van der Waals surface area (Å²) in [6.45, 7) is 0.117. The first-order valence-corrected chi connectivity index (χ1v) is 11.1. The maximum absolute atomic E-state index is 9.81. The van der Waals surface area contributed by atoms with Gasteiger partial charge in [0.1, 0.15) is 6.04 Å². The van der Waals surface area contributed by atoms with E-state index in [1.165, 1.54) is 32.1 Å². The number of hydroxylamine groups is 2. The van der Waals surface area contributed by atoms with E-state index in [1.54, 1.807) is 0 Å². The first-order chi connectivity index (χ1) is 11.8. The van der Waals surface area contributed by atoms with Gasteiger partial charge in [-0.05, 0) is 31.6 Å². The molecule has 8 heteroatoms. The second kappa shape index (κ2) is 9.28. The SMILES string of the molecule is CS(=O)(=O)O.N#CC1C(CO)C2CCCCC2ON1C1CCCCC1. The molecule has 4 unspecified atom stereocenters. The van der Waals surface area contributed by atoms with Crippen LogP contribution in [0.4, 0.5) is 0 Å². The zero-order valence-corrected chi connectivity index (χ0v) is 15.7. The monoisotopic (exact) mass is 374 g/mol. The summed E-state index contributed by atoms with van der Waals surface area (Å²) in [5, 5.41) is 21.4. The first-order valence-electron chi connectivity index (χ1n) is 9.23. The molecular weight excluding hydrogens is 344 g/mol. The van der Waals surface area contributed by atoms with Crippen molar-refractivity contribution in [1.82, 2.24) is 5.06 Å². The van der Waals surface area contributed by atoms with E-state index in [2.05, 4.69) is 6.07 Å². The minimum absolute atomic E-state index is 0.0703. The standard InChI is InChI=1S/C16H26N2O2.CH4O3S/c17-10-15-14(11-19)13-8-4-5-9-16(13)20-18(15)12-6-2-1-3-7-12;1-5(2,3)4/h12-16,19H,1-9,11H2;1H3,(H,2,3,4). The van der Waals surface area contributed by atoms with E-state index in [-0.39, 0.29) is 24.7 Å². The third-order valence-electron chi connectivity index (χ3n) is 5.52. The van der Waals surface area contributed by atoms with Gasteiger partial charge in [-0.3, -0.25) is 9.39 Å². The molecule has 0 amide bonds. The van der Waals surface area contributed by atoms with Gasteiger partial charge in [-0.15, -0.1) is 0 Å². The zero-order chi connectivity index (χ0) is 18.4. The van der Waals surface area contributed by atoms with Crippen molar-refractivity contribution >= 4 is 10.1 Å². The Bertz CT molecular complexity index is 548. The van der Waals surface area contributed by atoms with Gasteiger partial charge in [0.05, 0.1) is 18.4 Å². The van der Waals surface area contributed by atoms with Gasteiger partial charge < -0.3 is 5.11 Å². The smallest absolute Gasteiger partial charge is 0.261 e. The Hall–Kier alpha value is -0.720. The molecule has 2 saturated carbocycles. The summed E-state index contributed by atoms with van der Waals surface area (Å²) in [6.07, 6.45) is 11.6. The molecule has 0 aromatic carbocycles. The van der Waals surface area contributed by atoms with Crippen LogP contribution in [0, 0.1) is 23.2 Å². The molecule has 7 nitrogen and oxygen atoms in total. The number of nitrogens with zero attached hydrogens (tertiary/aromatic N) is 2. The molecule has 3 fully saturated rings. The molecule has 0 aromatic heterocycles. The van der Waals surface area contributed by atoms with Crippen molar-refractivity contribution in [2.75, 3.05) is 12.9 Å². The highest BCUT2D eigenvalue weighted by Crippen LogP contribution is 2.42. The molecule has 0 spiro atoms. The fraction of sp³-hybridized carbons (Fsp3) is 0.941. The van der Waals surface area contributed by atoms with E-state index in [4.69, 9.17) is 9.39 Å². The van der Waals surface area contributed by atoms with Crippen molar-refractivity contribution in [3.63, 3.8) is 0 Å². The van der Waals surface area contributed by atoms with E-state index in [9.17, 15) is 18.8 Å². The lowest BCUT2D eigenvalue weighted by Crippen LogP contribution is -2.58. The lowest BCUT2D eigenvalue weighted by molar-refractivity contribution is -0.304. The molecule has 25 heavy (non-hydrogen) atoms. The first kappa shape index (κ1) is 20.6. The van der Waals surface area contributed by atoms with Crippen molar-refractivity contribution in [2.24, 2.45) is 11.8 Å². The van der Waals surface area contributed by atoms with Gasteiger partial charge in [0.2, 0.25) is 0 Å². The number of aliphatic hydroxyl groups excluding tert-OH is 1. The van der Waals surface area contributed by atoms with Crippen LogP contribution in [0.5, 0.6) is 0 Å². The Kier molecular flexibility index (Phi) is 7.65. The molecule has 0 radical (unpaired) electrons. The molecule has 1 heterocycles. The third-order valence-corrected chi connectivity index (χ3v) is 5.52. The summed E-state index contributed by atoms with van der Waals surface area (Å²) in [7, 11) is -3.67. The minimum Gasteiger partial charge on any atom is -0.396 e. The fourth-order valence-electron chi connectivity index (χ4n) is 4.43. The van der Waals surface area contributed by atoms with E-state index in [1.807, 2.05) is 5.06 Å². The number of fused-ring (bicyclic) bond motifs is 1. The highest BCUT2D eigenvalue weighted by atomic mass is 32.2. The number of rotatable bonds is 2. The second-order valence-electron chi connectivity index (χ2n) is 7.40. The predicted molar refractivity (Wildman–Crippen MR) is 93.0 cm³/mol. The predicted octanol–water partition coefficient (Wildman–Crippen LogP) is 2.13. The third kappa shape index (κ3) is 5.90. The van der Waals surface area contributed by atoms with Crippen molar-refractivity contribution in [3.8, 4) is 6.07 Å². The number of nitriles is 1. The average Bonchev–Trinajstić information content (AvgIpc) is 2.59. The van der Waals surface area contributed by atoms with E-state index in [0.29, 0.717) is 18.2 Å². The summed E-state index contributed by atoms with van der Waals surface area (Å²) in [4.78, 5) is 6.27. The van der Waals surface area contributed by atoms with Gasteiger partial charge in [-0.1, -0.05) is 32.1 Å². The van der Waals surface area contributed by atoms with Crippen molar-refractivity contribution in [2.45, 2.75) is 76.0 Å². The Labute approximate surface area is 150 Å². The van der Waals surface area contributed by atoms with Crippen LogP contribution in [0.15, 0.2) is 0 Å². The quantitative estimate of drug-likeness (QED) is 0.712. The number of hydrogen-bond acceptors (Lipinski definition) is 6.